The molecule has 1 saturated heterocycles. The third-order valence-electron chi connectivity index (χ3n) is 2.69. The summed E-state index contributed by atoms with van der Waals surface area (Å²) >= 11 is 0. The van der Waals surface area contributed by atoms with E-state index in [1.54, 1.807) is 12.1 Å². The molecule has 0 unspecified atom stereocenters. The Morgan fingerprint density at radius 3 is 2.71 bits per heavy atom. The third kappa shape index (κ3) is 2.50. The molecule has 1 aliphatic rings. The van der Waals surface area contributed by atoms with Gasteiger partial charge in [0.05, 0.1) is 5.69 Å². The van der Waals surface area contributed by atoms with E-state index in [-0.39, 0.29) is 24.3 Å². The number of carbonyl (C=O) groups excluding carboxylic acids is 2. The molecular formula is C11H14ClN3O2. The van der Waals surface area contributed by atoms with Gasteiger partial charge in [0.2, 0.25) is 5.91 Å². The van der Waals surface area contributed by atoms with Crippen LogP contribution in [0, 0.1) is 6.92 Å². The van der Waals surface area contributed by atoms with Gasteiger partial charge < -0.3 is 5.73 Å². The van der Waals surface area contributed by atoms with Crippen LogP contribution in [0.3, 0.4) is 0 Å². The van der Waals surface area contributed by atoms with Crippen molar-refractivity contribution < 1.29 is 9.59 Å². The minimum atomic E-state index is -0.384. The molecule has 2 rings (SSSR count). The van der Waals surface area contributed by atoms with Crippen molar-refractivity contribution in [2.24, 2.45) is 0 Å². The van der Waals surface area contributed by atoms with Crippen LogP contribution >= 0.6 is 12.4 Å². The molecule has 1 aromatic carbocycles. The number of hydrogen-bond acceptors (Lipinski definition) is 3. The van der Waals surface area contributed by atoms with E-state index in [2.05, 4.69) is 5.32 Å². The number of nitrogens with two attached hydrogens (primary N) is 1. The van der Waals surface area contributed by atoms with Crippen LogP contribution in [0.5, 0.6) is 0 Å². The van der Waals surface area contributed by atoms with Gasteiger partial charge in [-0.1, -0.05) is 6.07 Å². The molecule has 1 fully saturated rings. The first-order valence-electron chi connectivity index (χ1n) is 5.06. The second-order valence-corrected chi connectivity index (χ2v) is 3.75. The van der Waals surface area contributed by atoms with E-state index < -0.39 is 0 Å². The van der Waals surface area contributed by atoms with Crippen molar-refractivity contribution >= 4 is 35.7 Å². The Morgan fingerprint density at radius 1 is 1.35 bits per heavy atom. The van der Waals surface area contributed by atoms with Crippen LogP contribution in [-0.2, 0) is 4.79 Å². The number of benzene rings is 1. The molecule has 0 aromatic heterocycles. The molecular weight excluding hydrogens is 242 g/mol. The van der Waals surface area contributed by atoms with Gasteiger partial charge in [0, 0.05) is 18.7 Å². The van der Waals surface area contributed by atoms with Crippen LogP contribution in [-0.4, -0.2) is 18.5 Å². The number of imide groups is 1. The van der Waals surface area contributed by atoms with E-state index >= 15 is 0 Å². The molecule has 6 heteroatoms. The highest BCUT2D eigenvalue weighted by Gasteiger charge is 2.25. The molecule has 3 N–H and O–H groups in total. The molecule has 0 saturated carbocycles. The van der Waals surface area contributed by atoms with Crippen LogP contribution in [0.2, 0.25) is 0 Å². The van der Waals surface area contributed by atoms with E-state index in [9.17, 15) is 9.59 Å². The van der Waals surface area contributed by atoms with Gasteiger partial charge in [-0.2, -0.15) is 0 Å². The Labute approximate surface area is 105 Å². The van der Waals surface area contributed by atoms with Gasteiger partial charge >= 0.3 is 6.03 Å². The Balaban J connectivity index is 0.00000144. The first-order chi connectivity index (χ1) is 7.59. The number of amides is 3. The van der Waals surface area contributed by atoms with Crippen molar-refractivity contribution in [3.05, 3.63) is 23.8 Å². The number of rotatable bonds is 1. The summed E-state index contributed by atoms with van der Waals surface area (Å²) in [5.41, 5.74) is 8.02. The summed E-state index contributed by atoms with van der Waals surface area (Å²) in [5, 5.41) is 2.28. The fourth-order valence-electron chi connectivity index (χ4n) is 1.73. The molecule has 0 atom stereocenters. The standard InChI is InChI=1S/C11H13N3O2.ClH/c1-7-8(12)3-2-4-9(7)14-6-5-10(15)13-11(14)16;/h2-4H,5-6,12H2,1H3,(H,13,15,16);1H. The van der Waals surface area contributed by atoms with E-state index in [1.165, 1.54) is 4.90 Å². The molecule has 3 amide bonds. The second kappa shape index (κ2) is 5.05. The van der Waals surface area contributed by atoms with Crippen LogP contribution in [0.25, 0.3) is 0 Å². The number of carbonyl (C=O) groups is 2. The maximum absolute atomic E-state index is 11.6. The highest BCUT2D eigenvalue weighted by Crippen LogP contribution is 2.25. The summed E-state index contributed by atoms with van der Waals surface area (Å²) in [6.45, 7) is 2.25. The summed E-state index contributed by atoms with van der Waals surface area (Å²) in [7, 11) is 0. The van der Waals surface area contributed by atoms with Gasteiger partial charge in [-0.25, -0.2) is 4.79 Å². The largest absolute Gasteiger partial charge is 0.398 e. The van der Waals surface area contributed by atoms with Crippen molar-refractivity contribution in [2.75, 3.05) is 17.2 Å². The number of hydrogen-bond donors (Lipinski definition) is 2. The minimum absolute atomic E-state index is 0. The van der Waals surface area contributed by atoms with Crippen LogP contribution in [0.15, 0.2) is 18.2 Å². The lowest BCUT2D eigenvalue weighted by Gasteiger charge is -2.28. The first kappa shape index (κ1) is 13.3. The van der Waals surface area contributed by atoms with Crippen molar-refractivity contribution in [1.29, 1.82) is 0 Å². The van der Waals surface area contributed by atoms with Gasteiger partial charge in [0.1, 0.15) is 0 Å². The molecule has 92 valence electrons. The molecule has 0 spiro atoms. The van der Waals surface area contributed by atoms with Crippen LogP contribution < -0.4 is 16.0 Å². The Bertz CT molecular complexity index is 462. The quantitative estimate of drug-likeness (QED) is 0.746. The lowest BCUT2D eigenvalue weighted by molar-refractivity contribution is -0.120. The van der Waals surface area contributed by atoms with E-state index in [0.717, 1.165) is 11.3 Å². The topological polar surface area (TPSA) is 75.4 Å². The van der Waals surface area contributed by atoms with Crippen molar-refractivity contribution in [1.82, 2.24) is 5.32 Å². The zero-order valence-electron chi connectivity index (χ0n) is 9.40. The Kier molecular flexibility index (Phi) is 3.96. The zero-order valence-corrected chi connectivity index (χ0v) is 10.2. The van der Waals surface area contributed by atoms with Crippen molar-refractivity contribution in [3.8, 4) is 0 Å². The first-order valence-corrected chi connectivity index (χ1v) is 5.06. The average Bonchev–Trinajstić information content (AvgIpc) is 2.23. The van der Waals surface area contributed by atoms with Crippen molar-refractivity contribution in [3.63, 3.8) is 0 Å². The van der Waals surface area contributed by atoms with Gasteiger partial charge in [0.15, 0.2) is 0 Å². The van der Waals surface area contributed by atoms with Crippen LogP contribution in [0.4, 0.5) is 16.2 Å². The monoisotopic (exact) mass is 255 g/mol. The van der Waals surface area contributed by atoms with Gasteiger partial charge in [0.25, 0.3) is 0 Å². The van der Waals surface area contributed by atoms with E-state index in [0.29, 0.717) is 18.7 Å². The van der Waals surface area contributed by atoms with E-state index in [4.69, 9.17) is 5.73 Å². The fraction of sp³-hybridized carbons (Fsp3) is 0.273. The minimum Gasteiger partial charge on any atom is -0.398 e. The molecule has 0 bridgehead atoms. The molecule has 0 aliphatic carbocycles. The number of nitrogens with one attached hydrogen (secondary N) is 1. The second-order valence-electron chi connectivity index (χ2n) is 3.75. The van der Waals surface area contributed by atoms with Gasteiger partial charge in [-0.3, -0.25) is 15.0 Å². The highest BCUT2D eigenvalue weighted by molar-refractivity contribution is 6.06. The molecule has 1 aromatic rings. The summed E-state index contributed by atoms with van der Waals surface area (Å²) < 4.78 is 0. The number of nitrogens with zero attached hydrogens (tertiary/aromatic N) is 1. The average molecular weight is 256 g/mol. The number of urea groups is 1. The maximum atomic E-state index is 11.6. The zero-order chi connectivity index (χ0) is 11.7. The summed E-state index contributed by atoms with van der Waals surface area (Å²) in [4.78, 5) is 24.2. The molecule has 17 heavy (non-hydrogen) atoms. The van der Waals surface area contributed by atoms with Gasteiger partial charge in [-0.05, 0) is 24.6 Å². The Hall–Kier alpha value is -1.75. The number of nitrogen functional groups attached to an aromatic ring is 1. The summed E-state index contributed by atoms with van der Waals surface area (Å²) in [6.07, 6.45) is 0.319. The SMILES string of the molecule is Cc1c(N)cccc1N1CCC(=O)NC1=O.Cl. The summed E-state index contributed by atoms with van der Waals surface area (Å²) in [6, 6.07) is 5.01. The predicted octanol–water partition coefficient (Wildman–Crippen LogP) is 1.45. The smallest absolute Gasteiger partial charge is 0.328 e. The number of halogens is 1. The summed E-state index contributed by atoms with van der Waals surface area (Å²) in [5.74, 6) is -0.234. The third-order valence-corrected chi connectivity index (χ3v) is 2.69. The Morgan fingerprint density at radius 2 is 2.06 bits per heavy atom. The maximum Gasteiger partial charge on any atom is 0.328 e. The van der Waals surface area contributed by atoms with Crippen molar-refractivity contribution in [2.45, 2.75) is 13.3 Å². The fourth-order valence-corrected chi connectivity index (χ4v) is 1.73. The lowest BCUT2D eigenvalue weighted by atomic mass is 10.1. The van der Waals surface area contributed by atoms with Crippen LogP contribution in [0.1, 0.15) is 12.0 Å². The molecule has 5 nitrogen and oxygen atoms in total. The number of anilines is 2. The molecule has 0 radical (unpaired) electrons. The lowest BCUT2D eigenvalue weighted by Crippen LogP contribution is -2.49. The van der Waals surface area contributed by atoms with Gasteiger partial charge in [-0.15, -0.1) is 12.4 Å². The molecule has 1 heterocycles. The normalized spacial score (nSPS) is 15.2. The highest BCUT2D eigenvalue weighted by atomic mass is 35.5. The molecule has 1 aliphatic heterocycles. The predicted molar refractivity (Wildman–Crippen MR) is 68.3 cm³/mol. The van der Waals surface area contributed by atoms with E-state index in [1.807, 2.05) is 13.0 Å².